The molecule has 0 aliphatic heterocycles. The molecule has 1 aliphatic carbocycles. The van der Waals surface area contributed by atoms with Gasteiger partial charge in [-0.15, -0.1) is 0 Å². The van der Waals surface area contributed by atoms with E-state index >= 15 is 0 Å². The molecule has 0 amide bonds. The number of ketones is 2. The van der Waals surface area contributed by atoms with Crippen molar-refractivity contribution in [2.45, 2.75) is 25.4 Å². The molecule has 3 rings (SSSR count). The Balaban J connectivity index is 2.01. The van der Waals surface area contributed by atoms with Crippen molar-refractivity contribution in [3.63, 3.8) is 0 Å². The molecule has 1 N–H and O–H groups in total. The van der Waals surface area contributed by atoms with Gasteiger partial charge in [0.1, 0.15) is 17.1 Å². The predicted octanol–water partition coefficient (Wildman–Crippen LogP) is 5.81. The number of hydrogen-bond acceptors (Lipinski definition) is 6. The van der Waals surface area contributed by atoms with Crippen molar-refractivity contribution in [3.05, 3.63) is 74.0 Å². The number of aliphatic hydroxyl groups excluding tert-OH is 1. The maximum absolute atomic E-state index is 12.8. The number of Topliss-reactive ketones (excluding diaryl/α,β-unsaturated/α-hetero) is 2. The van der Waals surface area contributed by atoms with Crippen molar-refractivity contribution in [2.75, 3.05) is 0 Å². The number of benzene rings is 2. The summed E-state index contributed by atoms with van der Waals surface area (Å²) in [6.07, 6.45) is -4.04. The van der Waals surface area contributed by atoms with Crippen LogP contribution in [-0.2, 0) is 11.0 Å². The quantitative estimate of drug-likeness (QED) is 0.264. The van der Waals surface area contributed by atoms with Crippen LogP contribution in [-0.4, -0.2) is 21.6 Å². The zero-order valence-electron chi connectivity index (χ0n) is 15.5. The van der Waals surface area contributed by atoms with E-state index in [9.17, 15) is 38.0 Å². The van der Waals surface area contributed by atoms with Crippen LogP contribution in [0.2, 0.25) is 5.02 Å². The number of carbonyl (C=O) groups excluding carboxylic acids is 2. The molecule has 162 valence electrons. The van der Waals surface area contributed by atoms with Crippen molar-refractivity contribution in [3.8, 4) is 11.5 Å². The summed E-state index contributed by atoms with van der Waals surface area (Å²) in [5, 5.41) is 20.8. The van der Waals surface area contributed by atoms with Crippen LogP contribution >= 0.6 is 11.6 Å². The Labute approximate surface area is 177 Å². The summed E-state index contributed by atoms with van der Waals surface area (Å²) in [5.41, 5.74) is -2.21. The van der Waals surface area contributed by atoms with Gasteiger partial charge in [0.15, 0.2) is 11.6 Å². The van der Waals surface area contributed by atoms with Crippen molar-refractivity contribution >= 4 is 28.9 Å². The maximum atomic E-state index is 12.8. The normalized spacial score (nSPS) is 14.5. The third-order valence-electron chi connectivity index (χ3n) is 4.51. The summed E-state index contributed by atoms with van der Waals surface area (Å²) < 4.78 is 43.7. The first-order valence-corrected chi connectivity index (χ1v) is 9.20. The highest BCUT2D eigenvalue weighted by Gasteiger charge is 2.32. The molecule has 2 aromatic rings. The second-order valence-electron chi connectivity index (χ2n) is 6.61. The molecule has 0 radical (unpaired) electrons. The molecule has 0 atom stereocenters. The molecule has 0 fully saturated rings. The number of alkyl halides is 3. The fourth-order valence-electron chi connectivity index (χ4n) is 3.00. The van der Waals surface area contributed by atoms with E-state index < -0.39 is 50.3 Å². The topological polar surface area (TPSA) is 107 Å². The van der Waals surface area contributed by atoms with Crippen molar-refractivity contribution in [1.82, 2.24) is 0 Å². The second kappa shape index (κ2) is 8.38. The van der Waals surface area contributed by atoms with Crippen LogP contribution in [0.15, 0.2) is 47.7 Å². The molecule has 11 heteroatoms. The first-order chi connectivity index (χ1) is 14.5. The van der Waals surface area contributed by atoms with Crippen LogP contribution in [0.4, 0.5) is 18.9 Å². The van der Waals surface area contributed by atoms with Crippen LogP contribution in [0, 0.1) is 10.1 Å². The Hall–Kier alpha value is -3.40. The fraction of sp³-hybridized carbons (Fsp3) is 0.200. The van der Waals surface area contributed by atoms with Gasteiger partial charge in [0, 0.05) is 24.5 Å². The maximum Gasteiger partial charge on any atom is 0.416 e. The number of halogens is 4. The van der Waals surface area contributed by atoms with Gasteiger partial charge in [0.25, 0.3) is 0 Å². The lowest BCUT2D eigenvalue weighted by atomic mass is 9.90. The summed E-state index contributed by atoms with van der Waals surface area (Å²) in [6, 6.07) is 5.18. The van der Waals surface area contributed by atoms with Gasteiger partial charge in [-0.05, 0) is 36.8 Å². The zero-order valence-corrected chi connectivity index (χ0v) is 16.3. The smallest absolute Gasteiger partial charge is 0.416 e. The van der Waals surface area contributed by atoms with Gasteiger partial charge in [-0.1, -0.05) is 11.6 Å². The molecule has 0 aromatic heterocycles. The van der Waals surface area contributed by atoms with Crippen LogP contribution in [0.25, 0.3) is 0 Å². The van der Waals surface area contributed by atoms with Gasteiger partial charge in [-0.25, -0.2) is 0 Å². The highest BCUT2D eigenvalue weighted by molar-refractivity contribution is 6.32. The van der Waals surface area contributed by atoms with Crippen LogP contribution in [0.5, 0.6) is 11.5 Å². The molecule has 1 aliphatic rings. The van der Waals surface area contributed by atoms with Gasteiger partial charge in [-0.2, -0.15) is 13.2 Å². The molecule has 0 saturated heterocycles. The van der Waals surface area contributed by atoms with Crippen LogP contribution in [0.3, 0.4) is 0 Å². The number of ether oxygens (including phenoxy) is 1. The minimum atomic E-state index is -4.65. The average molecular weight is 456 g/mol. The summed E-state index contributed by atoms with van der Waals surface area (Å²) in [6.45, 7) is 0. The minimum absolute atomic E-state index is 0.0721. The number of allylic oxidation sites excluding steroid dienone is 2. The second-order valence-corrected chi connectivity index (χ2v) is 7.02. The standard InChI is InChI=1S/C20H13ClF3NO6/c21-12-9-11(20(22,23)24)5-7-16(12)31-17-8-10(4-6-13(17)25(29)30)19(28)18-14(26)2-1-3-15(18)27/h4-9,26H,1-3H2. The number of aliphatic hydroxyl groups is 1. The first kappa shape index (κ1) is 22.3. The van der Waals surface area contributed by atoms with E-state index in [1.807, 2.05) is 0 Å². The Morgan fingerprint density at radius 1 is 1.13 bits per heavy atom. The number of nitrogens with zero attached hydrogens (tertiary/aromatic N) is 1. The SMILES string of the molecule is O=C1CCCC(O)=C1C(=O)c1ccc([N+](=O)[O-])c(Oc2ccc(C(F)(F)F)cc2Cl)c1. The number of nitro benzene ring substituents is 1. The molecular formula is C20H13ClF3NO6. The predicted molar refractivity (Wildman–Crippen MR) is 102 cm³/mol. The Morgan fingerprint density at radius 2 is 1.84 bits per heavy atom. The third kappa shape index (κ3) is 4.69. The first-order valence-electron chi connectivity index (χ1n) is 8.82. The van der Waals surface area contributed by atoms with E-state index in [-0.39, 0.29) is 29.9 Å². The van der Waals surface area contributed by atoms with Crippen molar-refractivity contribution < 1.29 is 37.5 Å². The molecule has 0 saturated carbocycles. The molecule has 2 aromatic carbocycles. The largest absolute Gasteiger partial charge is 0.511 e. The molecule has 7 nitrogen and oxygen atoms in total. The average Bonchev–Trinajstić information content (AvgIpc) is 2.68. The fourth-order valence-corrected chi connectivity index (χ4v) is 3.21. The van der Waals surface area contributed by atoms with Gasteiger partial charge >= 0.3 is 11.9 Å². The van der Waals surface area contributed by atoms with Crippen molar-refractivity contribution in [1.29, 1.82) is 0 Å². The van der Waals surface area contributed by atoms with Crippen LogP contribution in [0.1, 0.15) is 35.2 Å². The van der Waals surface area contributed by atoms with E-state index in [2.05, 4.69) is 0 Å². The monoisotopic (exact) mass is 455 g/mol. The lowest BCUT2D eigenvalue weighted by Crippen LogP contribution is -2.19. The molecule has 0 bridgehead atoms. The number of nitro groups is 1. The van der Waals surface area contributed by atoms with E-state index in [0.29, 0.717) is 18.6 Å². The van der Waals surface area contributed by atoms with E-state index in [0.717, 1.165) is 24.3 Å². The number of carbonyl (C=O) groups is 2. The Bertz CT molecular complexity index is 1130. The van der Waals surface area contributed by atoms with Gasteiger partial charge in [-0.3, -0.25) is 19.7 Å². The summed E-state index contributed by atoms with van der Waals surface area (Å²) in [5.74, 6) is -2.55. The van der Waals surface area contributed by atoms with Gasteiger partial charge in [0.05, 0.1) is 15.5 Å². The third-order valence-corrected chi connectivity index (χ3v) is 4.81. The molecular weight excluding hydrogens is 443 g/mol. The Kier molecular flexibility index (Phi) is 6.03. The van der Waals surface area contributed by atoms with E-state index in [1.54, 1.807) is 0 Å². The zero-order chi connectivity index (χ0) is 22.9. The van der Waals surface area contributed by atoms with Crippen molar-refractivity contribution in [2.24, 2.45) is 0 Å². The molecule has 0 heterocycles. The van der Waals surface area contributed by atoms with E-state index in [4.69, 9.17) is 16.3 Å². The molecule has 0 spiro atoms. The number of rotatable bonds is 5. The lowest BCUT2D eigenvalue weighted by Gasteiger charge is -2.15. The molecule has 0 unspecified atom stereocenters. The number of hydrogen-bond donors (Lipinski definition) is 1. The molecule has 31 heavy (non-hydrogen) atoms. The highest BCUT2D eigenvalue weighted by atomic mass is 35.5. The van der Waals surface area contributed by atoms with Gasteiger partial charge in [0.2, 0.25) is 5.75 Å². The highest BCUT2D eigenvalue weighted by Crippen LogP contribution is 2.39. The van der Waals surface area contributed by atoms with Gasteiger partial charge < -0.3 is 9.84 Å². The van der Waals surface area contributed by atoms with E-state index in [1.165, 1.54) is 0 Å². The Morgan fingerprint density at radius 3 is 2.42 bits per heavy atom. The minimum Gasteiger partial charge on any atom is -0.511 e. The summed E-state index contributed by atoms with van der Waals surface area (Å²) in [4.78, 5) is 35.3. The van der Waals surface area contributed by atoms with Crippen LogP contribution < -0.4 is 4.74 Å². The summed E-state index contributed by atoms with van der Waals surface area (Å²) >= 11 is 5.83. The lowest BCUT2D eigenvalue weighted by molar-refractivity contribution is -0.385. The summed E-state index contributed by atoms with van der Waals surface area (Å²) in [7, 11) is 0.